The Kier molecular flexibility index (Phi) is 4.23. The largest absolute Gasteiger partial charge is 0.453 e. The van der Waals surface area contributed by atoms with E-state index in [1.807, 2.05) is 11.9 Å². The molecule has 0 aromatic heterocycles. The van der Waals surface area contributed by atoms with Gasteiger partial charge in [-0.3, -0.25) is 14.5 Å². The van der Waals surface area contributed by atoms with Gasteiger partial charge in [-0.05, 0) is 20.9 Å². The SMILES string of the molecule is CC(=O)[C@H](C)OC(=O)[C@@H]1COCCN1C. The molecule has 86 valence electrons. The minimum atomic E-state index is -0.673. The first kappa shape index (κ1) is 12.1. The van der Waals surface area contributed by atoms with Gasteiger partial charge >= 0.3 is 5.97 Å². The van der Waals surface area contributed by atoms with Crippen molar-refractivity contribution in [1.29, 1.82) is 0 Å². The van der Waals surface area contributed by atoms with Gasteiger partial charge in [0, 0.05) is 6.54 Å². The summed E-state index contributed by atoms with van der Waals surface area (Å²) in [6.07, 6.45) is -0.673. The molecule has 1 rings (SSSR count). The van der Waals surface area contributed by atoms with Gasteiger partial charge in [0.25, 0.3) is 0 Å². The summed E-state index contributed by atoms with van der Waals surface area (Å²) in [6.45, 7) is 4.64. The van der Waals surface area contributed by atoms with Gasteiger partial charge in [-0.1, -0.05) is 0 Å². The van der Waals surface area contributed by atoms with Crippen LogP contribution in [-0.4, -0.2) is 55.6 Å². The average molecular weight is 215 g/mol. The third-order valence-electron chi connectivity index (χ3n) is 2.53. The van der Waals surface area contributed by atoms with Crippen molar-refractivity contribution in [2.24, 2.45) is 0 Å². The topological polar surface area (TPSA) is 55.8 Å². The molecule has 0 radical (unpaired) electrons. The highest BCUT2D eigenvalue weighted by Gasteiger charge is 2.29. The quantitative estimate of drug-likeness (QED) is 0.612. The molecule has 0 aliphatic carbocycles. The number of nitrogens with zero attached hydrogens (tertiary/aromatic N) is 1. The Bertz CT molecular complexity index is 254. The molecule has 5 heteroatoms. The number of rotatable bonds is 3. The van der Waals surface area contributed by atoms with Crippen LogP contribution in [0.3, 0.4) is 0 Å². The fourth-order valence-corrected chi connectivity index (χ4v) is 1.27. The van der Waals surface area contributed by atoms with E-state index < -0.39 is 6.10 Å². The number of Topliss-reactive ketones (excluding diaryl/α,β-unsaturated/α-hetero) is 1. The number of ketones is 1. The molecule has 5 nitrogen and oxygen atoms in total. The lowest BCUT2D eigenvalue weighted by Crippen LogP contribution is -2.49. The molecule has 1 saturated heterocycles. The molecule has 1 aliphatic rings. The highest BCUT2D eigenvalue weighted by molar-refractivity contribution is 5.84. The van der Waals surface area contributed by atoms with E-state index in [9.17, 15) is 9.59 Å². The van der Waals surface area contributed by atoms with Crippen molar-refractivity contribution in [3.8, 4) is 0 Å². The summed E-state index contributed by atoms with van der Waals surface area (Å²) in [5.74, 6) is -0.539. The van der Waals surface area contributed by atoms with E-state index in [4.69, 9.17) is 9.47 Å². The van der Waals surface area contributed by atoms with Crippen LogP contribution in [0.4, 0.5) is 0 Å². The van der Waals surface area contributed by atoms with Crippen molar-refractivity contribution in [2.75, 3.05) is 26.8 Å². The molecule has 0 bridgehead atoms. The second kappa shape index (κ2) is 5.23. The van der Waals surface area contributed by atoms with Crippen molar-refractivity contribution < 1.29 is 19.1 Å². The number of esters is 1. The van der Waals surface area contributed by atoms with Crippen LogP contribution in [0.2, 0.25) is 0 Å². The summed E-state index contributed by atoms with van der Waals surface area (Å²) in [7, 11) is 1.84. The number of morpholine rings is 1. The van der Waals surface area contributed by atoms with Crippen LogP contribution in [0.25, 0.3) is 0 Å². The minimum absolute atomic E-state index is 0.150. The molecule has 0 spiro atoms. The predicted molar refractivity (Wildman–Crippen MR) is 53.5 cm³/mol. The van der Waals surface area contributed by atoms with Crippen molar-refractivity contribution in [2.45, 2.75) is 26.0 Å². The van der Waals surface area contributed by atoms with Gasteiger partial charge in [0.05, 0.1) is 13.2 Å². The summed E-state index contributed by atoms with van der Waals surface area (Å²) < 4.78 is 10.2. The number of hydrogen-bond acceptors (Lipinski definition) is 5. The van der Waals surface area contributed by atoms with Gasteiger partial charge in [-0.25, -0.2) is 0 Å². The predicted octanol–water partition coefficient (Wildman–Crippen LogP) is -0.162. The maximum atomic E-state index is 11.6. The molecule has 0 saturated carbocycles. The standard InChI is InChI=1S/C10H17NO4/c1-7(12)8(2)15-10(13)9-6-14-5-4-11(9)3/h8-9H,4-6H2,1-3H3/t8-,9-/m0/s1. The molecular weight excluding hydrogens is 198 g/mol. The Morgan fingerprint density at radius 3 is 2.73 bits per heavy atom. The summed E-state index contributed by atoms with van der Waals surface area (Å²) in [6, 6.07) is -0.388. The first-order valence-electron chi connectivity index (χ1n) is 5.01. The van der Waals surface area contributed by atoms with Gasteiger partial charge in [0.1, 0.15) is 6.04 Å². The zero-order valence-electron chi connectivity index (χ0n) is 9.36. The van der Waals surface area contributed by atoms with Crippen LogP contribution < -0.4 is 0 Å². The number of likely N-dealkylation sites (N-methyl/N-ethyl adjacent to an activating group) is 1. The highest BCUT2D eigenvalue weighted by atomic mass is 16.6. The van der Waals surface area contributed by atoms with E-state index >= 15 is 0 Å². The molecule has 1 fully saturated rings. The molecule has 0 amide bonds. The van der Waals surface area contributed by atoms with Gasteiger partial charge in [0.2, 0.25) is 0 Å². The fourth-order valence-electron chi connectivity index (χ4n) is 1.27. The lowest BCUT2D eigenvalue weighted by atomic mass is 10.2. The van der Waals surface area contributed by atoms with E-state index in [1.54, 1.807) is 6.92 Å². The second-order valence-corrected chi connectivity index (χ2v) is 3.76. The fraction of sp³-hybridized carbons (Fsp3) is 0.800. The number of carbonyl (C=O) groups is 2. The Morgan fingerprint density at radius 1 is 1.53 bits per heavy atom. The minimum Gasteiger partial charge on any atom is -0.453 e. The molecule has 15 heavy (non-hydrogen) atoms. The lowest BCUT2D eigenvalue weighted by Gasteiger charge is -2.31. The summed E-state index contributed by atoms with van der Waals surface area (Å²) in [5, 5.41) is 0. The van der Waals surface area contributed by atoms with E-state index in [1.165, 1.54) is 6.92 Å². The molecule has 1 aliphatic heterocycles. The van der Waals surface area contributed by atoms with E-state index in [0.29, 0.717) is 19.8 Å². The normalized spacial score (nSPS) is 24.6. The monoisotopic (exact) mass is 215 g/mol. The van der Waals surface area contributed by atoms with Crippen LogP contribution in [-0.2, 0) is 19.1 Å². The van der Waals surface area contributed by atoms with Crippen molar-refractivity contribution in [3.05, 3.63) is 0 Å². The first-order chi connectivity index (χ1) is 7.02. The number of hydrogen-bond donors (Lipinski definition) is 0. The Labute approximate surface area is 89.3 Å². The van der Waals surface area contributed by atoms with E-state index in [0.717, 1.165) is 0 Å². The van der Waals surface area contributed by atoms with Crippen molar-refractivity contribution in [3.63, 3.8) is 0 Å². The average Bonchev–Trinajstić information content (AvgIpc) is 2.18. The summed E-state index contributed by atoms with van der Waals surface area (Å²) in [5.41, 5.74) is 0. The second-order valence-electron chi connectivity index (χ2n) is 3.76. The molecule has 0 aromatic rings. The molecule has 1 heterocycles. The van der Waals surface area contributed by atoms with Gasteiger partial charge in [-0.15, -0.1) is 0 Å². The van der Waals surface area contributed by atoms with Crippen LogP contribution in [0.1, 0.15) is 13.8 Å². The highest BCUT2D eigenvalue weighted by Crippen LogP contribution is 2.07. The molecule has 0 aromatic carbocycles. The smallest absolute Gasteiger partial charge is 0.326 e. The molecule has 2 atom stereocenters. The van der Waals surface area contributed by atoms with Gasteiger partial charge < -0.3 is 9.47 Å². The number of carbonyl (C=O) groups excluding carboxylic acids is 2. The molecular formula is C10H17NO4. The Hall–Kier alpha value is -0.940. The molecule has 0 N–H and O–H groups in total. The molecule has 0 unspecified atom stereocenters. The lowest BCUT2D eigenvalue weighted by molar-refractivity contribution is -0.163. The van der Waals surface area contributed by atoms with E-state index in [2.05, 4.69) is 0 Å². The third kappa shape index (κ3) is 3.28. The zero-order chi connectivity index (χ0) is 11.4. The summed E-state index contributed by atoms with van der Waals surface area (Å²) >= 11 is 0. The summed E-state index contributed by atoms with van der Waals surface area (Å²) in [4.78, 5) is 24.4. The Balaban J connectivity index is 2.48. The maximum absolute atomic E-state index is 11.6. The first-order valence-corrected chi connectivity index (χ1v) is 5.01. The van der Waals surface area contributed by atoms with E-state index in [-0.39, 0.29) is 17.8 Å². The van der Waals surface area contributed by atoms with Crippen LogP contribution in [0.5, 0.6) is 0 Å². The zero-order valence-corrected chi connectivity index (χ0v) is 9.36. The Morgan fingerprint density at radius 2 is 2.20 bits per heavy atom. The van der Waals surface area contributed by atoms with Crippen LogP contribution in [0.15, 0.2) is 0 Å². The third-order valence-corrected chi connectivity index (χ3v) is 2.53. The maximum Gasteiger partial charge on any atom is 0.326 e. The van der Waals surface area contributed by atoms with Crippen LogP contribution >= 0.6 is 0 Å². The van der Waals surface area contributed by atoms with Gasteiger partial charge in [-0.2, -0.15) is 0 Å². The van der Waals surface area contributed by atoms with Crippen molar-refractivity contribution in [1.82, 2.24) is 4.90 Å². The van der Waals surface area contributed by atoms with Crippen LogP contribution in [0, 0.1) is 0 Å². The number of ether oxygens (including phenoxy) is 2. The van der Waals surface area contributed by atoms with Crippen molar-refractivity contribution >= 4 is 11.8 Å². The van der Waals surface area contributed by atoms with Gasteiger partial charge in [0.15, 0.2) is 11.9 Å².